The third kappa shape index (κ3) is 3.57. The van der Waals surface area contributed by atoms with E-state index in [-0.39, 0.29) is 12.3 Å². The first-order valence-electron chi connectivity index (χ1n) is 4.84. The van der Waals surface area contributed by atoms with E-state index < -0.39 is 17.5 Å². The van der Waals surface area contributed by atoms with Crippen LogP contribution in [0.5, 0.6) is 0 Å². The maximum atomic E-state index is 13.2. The van der Waals surface area contributed by atoms with Crippen molar-refractivity contribution >= 4 is 17.4 Å². The predicted molar refractivity (Wildman–Crippen MR) is 59.7 cm³/mol. The second-order valence-corrected chi connectivity index (χ2v) is 2.88. The van der Waals surface area contributed by atoms with Gasteiger partial charge in [0.1, 0.15) is 11.9 Å². The van der Waals surface area contributed by atoms with E-state index in [1.165, 1.54) is 18.2 Å². The van der Waals surface area contributed by atoms with Crippen LogP contribution in [-0.4, -0.2) is 18.3 Å². The van der Waals surface area contributed by atoms with E-state index in [0.29, 0.717) is 0 Å². The van der Waals surface area contributed by atoms with Gasteiger partial charge in [-0.3, -0.25) is 5.43 Å². The largest absolute Gasteiger partial charge is 0.461 e. The zero-order valence-corrected chi connectivity index (χ0v) is 9.11. The number of ether oxygens (including phenoxy) is 1. The number of benzene rings is 1. The molecule has 0 aliphatic carbocycles. The summed E-state index contributed by atoms with van der Waals surface area (Å²) in [6.45, 7) is 1.75. The van der Waals surface area contributed by atoms with Crippen molar-refractivity contribution in [2.24, 2.45) is 5.10 Å². The van der Waals surface area contributed by atoms with Gasteiger partial charge >= 0.3 is 5.97 Å². The molecule has 0 saturated heterocycles. The summed E-state index contributed by atoms with van der Waals surface area (Å²) in [7, 11) is 0. The Kier molecular flexibility index (Phi) is 4.63. The minimum atomic E-state index is -0.848. The smallest absolute Gasteiger partial charge is 0.369 e. The third-order valence-corrected chi connectivity index (χ3v) is 1.74. The summed E-state index contributed by atoms with van der Waals surface area (Å²) in [5, 5.41) is 12.1. The number of nitrogens with zero attached hydrogens (tertiary/aromatic N) is 2. The maximum Gasteiger partial charge on any atom is 0.369 e. The van der Waals surface area contributed by atoms with Crippen LogP contribution in [0.1, 0.15) is 6.92 Å². The van der Waals surface area contributed by atoms with Gasteiger partial charge in [-0.05, 0) is 19.1 Å². The monoisotopic (exact) mass is 235 g/mol. The normalized spacial score (nSPS) is 10.5. The number of esters is 1. The van der Waals surface area contributed by atoms with Crippen molar-refractivity contribution in [3.05, 3.63) is 30.1 Å². The van der Waals surface area contributed by atoms with Crippen LogP contribution in [0, 0.1) is 17.1 Å². The molecule has 0 fully saturated rings. The lowest BCUT2D eigenvalue weighted by Crippen LogP contribution is -2.17. The highest BCUT2D eigenvalue weighted by Crippen LogP contribution is 2.11. The first-order chi connectivity index (χ1) is 8.19. The minimum Gasteiger partial charge on any atom is -0.461 e. The van der Waals surface area contributed by atoms with Crippen molar-refractivity contribution in [1.82, 2.24) is 0 Å². The fourth-order valence-electron chi connectivity index (χ4n) is 0.984. The van der Waals surface area contributed by atoms with Crippen molar-refractivity contribution in [1.29, 1.82) is 5.26 Å². The Bertz CT molecular complexity index is 480. The number of carbonyl (C=O) groups is 1. The van der Waals surface area contributed by atoms with E-state index in [2.05, 4.69) is 15.3 Å². The lowest BCUT2D eigenvalue weighted by Gasteiger charge is -2.02. The molecule has 1 aromatic rings. The number of hydrazone groups is 1. The Balaban J connectivity index is 2.79. The second-order valence-electron chi connectivity index (χ2n) is 2.88. The molecule has 0 amide bonds. The van der Waals surface area contributed by atoms with Gasteiger partial charge in [0.25, 0.3) is 0 Å². The van der Waals surface area contributed by atoms with Crippen molar-refractivity contribution < 1.29 is 13.9 Å². The van der Waals surface area contributed by atoms with Crippen molar-refractivity contribution in [2.75, 3.05) is 12.0 Å². The Morgan fingerprint density at radius 2 is 2.29 bits per heavy atom. The molecule has 0 aliphatic heterocycles. The average Bonchev–Trinajstić information content (AvgIpc) is 2.32. The Hall–Kier alpha value is -2.42. The molecule has 0 atom stereocenters. The van der Waals surface area contributed by atoms with Crippen LogP contribution in [0.3, 0.4) is 0 Å². The van der Waals surface area contributed by atoms with Gasteiger partial charge in [-0.1, -0.05) is 12.1 Å². The molecule has 0 aliphatic rings. The van der Waals surface area contributed by atoms with Gasteiger partial charge in [0.2, 0.25) is 5.71 Å². The van der Waals surface area contributed by atoms with E-state index in [0.717, 1.165) is 0 Å². The summed E-state index contributed by atoms with van der Waals surface area (Å²) in [4.78, 5) is 11.2. The summed E-state index contributed by atoms with van der Waals surface area (Å²) in [6.07, 6.45) is 0. The molecule has 0 bridgehead atoms. The van der Waals surface area contributed by atoms with Crippen molar-refractivity contribution in [3.63, 3.8) is 0 Å². The summed E-state index contributed by atoms with van der Waals surface area (Å²) in [5.74, 6) is -1.38. The molecule has 0 saturated carbocycles. The average molecular weight is 235 g/mol. The van der Waals surface area contributed by atoms with E-state index in [1.54, 1.807) is 19.1 Å². The Morgan fingerprint density at radius 1 is 1.59 bits per heavy atom. The number of para-hydroxylation sites is 1. The fraction of sp³-hybridized carbons (Fsp3) is 0.182. The zero-order chi connectivity index (χ0) is 12.7. The van der Waals surface area contributed by atoms with E-state index in [1.807, 2.05) is 0 Å². The highest BCUT2D eigenvalue weighted by molar-refractivity contribution is 6.43. The molecule has 0 spiro atoms. The Morgan fingerprint density at radius 3 is 2.88 bits per heavy atom. The van der Waals surface area contributed by atoms with Crippen molar-refractivity contribution in [3.8, 4) is 6.07 Å². The topological polar surface area (TPSA) is 74.5 Å². The molecule has 0 heterocycles. The highest BCUT2D eigenvalue weighted by Gasteiger charge is 2.11. The molecule has 0 unspecified atom stereocenters. The molecule has 0 aromatic heterocycles. The number of hydrogen-bond donors (Lipinski definition) is 1. The summed E-state index contributed by atoms with van der Waals surface area (Å²) in [5.41, 5.74) is 1.90. The molecule has 1 N–H and O–H groups in total. The van der Waals surface area contributed by atoms with Gasteiger partial charge in [-0.25, -0.2) is 9.18 Å². The lowest BCUT2D eigenvalue weighted by atomic mass is 10.3. The van der Waals surface area contributed by atoms with Crippen LogP contribution in [0.25, 0.3) is 0 Å². The predicted octanol–water partition coefficient (Wildman–Crippen LogP) is 1.68. The van der Waals surface area contributed by atoms with Crippen LogP contribution < -0.4 is 5.43 Å². The zero-order valence-electron chi connectivity index (χ0n) is 9.11. The standard InChI is InChI=1S/C11H10FN3O2/c1-2-17-11(16)10(7-13)15-14-9-6-4-3-5-8(9)12/h3-6,14H,2H2,1H3. The lowest BCUT2D eigenvalue weighted by molar-refractivity contribution is -0.134. The van der Waals surface area contributed by atoms with Crippen molar-refractivity contribution in [2.45, 2.75) is 6.92 Å². The number of nitrogens with one attached hydrogen (secondary N) is 1. The molecule has 17 heavy (non-hydrogen) atoms. The molecule has 6 heteroatoms. The van der Waals surface area contributed by atoms with Gasteiger partial charge in [0.15, 0.2) is 0 Å². The van der Waals surface area contributed by atoms with Gasteiger partial charge in [-0.2, -0.15) is 10.4 Å². The maximum absolute atomic E-state index is 13.2. The first kappa shape index (κ1) is 12.6. The number of anilines is 1. The molecule has 0 radical (unpaired) electrons. The van der Waals surface area contributed by atoms with Gasteiger partial charge in [0.05, 0.1) is 12.3 Å². The fourth-order valence-corrected chi connectivity index (χ4v) is 0.984. The van der Waals surface area contributed by atoms with Crippen LogP contribution in [0.2, 0.25) is 0 Å². The number of nitriles is 1. The number of carbonyl (C=O) groups excluding carboxylic acids is 1. The quantitative estimate of drug-likeness (QED) is 0.489. The van der Waals surface area contributed by atoms with Crippen LogP contribution in [0.4, 0.5) is 10.1 Å². The number of hydrogen-bond acceptors (Lipinski definition) is 5. The van der Waals surface area contributed by atoms with Gasteiger partial charge in [-0.15, -0.1) is 0 Å². The van der Waals surface area contributed by atoms with Gasteiger partial charge < -0.3 is 4.74 Å². The molecule has 5 nitrogen and oxygen atoms in total. The number of halogens is 1. The second kappa shape index (κ2) is 6.23. The SMILES string of the molecule is CCOC(=O)C(C#N)=NNc1ccccc1F. The summed E-state index contributed by atoms with van der Waals surface area (Å²) < 4.78 is 17.7. The number of rotatable bonds is 4. The molecular weight excluding hydrogens is 225 g/mol. The van der Waals surface area contributed by atoms with E-state index >= 15 is 0 Å². The van der Waals surface area contributed by atoms with E-state index in [4.69, 9.17) is 5.26 Å². The third-order valence-electron chi connectivity index (χ3n) is 1.74. The minimum absolute atomic E-state index is 0.0737. The molecular formula is C11H10FN3O2. The summed E-state index contributed by atoms with van der Waals surface area (Å²) >= 11 is 0. The van der Waals surface area contributed by atoms with Crippen LogP contribution in [0.15, 0.2) is 29.4 Å². The summed E-state index contributed by atoms with van der Waals surface area (Å²) in [6, 6.07) is 7.34. The van der Waals surface area contributed by atoms with E-state index in [9.17, 15) is 9.18 Å². The van der Waals surface area contributed by atoms with Crippen LogP contribution in [-0.2, 0) is 9.53 Å². The highest BCUT2D eigenvalue weighted by atomic mass is 19.1. The van der Waals surface area contributed by atoms with Gasteiger partial charge in [0, 0.05) is 0 Å². The molecule has 1 aromatic carbocycles. The van der Waals surface area contributed by atoms with Crippen LogP contribution >= 0.6 is 0 Å². The Labute approximate surface area is 97.5 Å². The molecule has 1 rings (SSSR count). The molecule has 88 valence electrons. The first-order valence-corrected chi connectivity index (χ1v) is 4.84.